The van der Waals surface area contributed by atoms with Crippen LogP contribution in [0, 0.1) is 5.92 Å². The van der Waals surface area contributed by atoms with Gasteiger partial charge in [-0.15, -0.1) is 0 Å². The molecule has 0 amide bonds. The minimum absolute atomic E-state index is 0.0184. The summed E-state index contributed by atoms with van der Waals surface area (Å²) in [7, 11) is 0. The third-order valence-electron chi connectivity index (χ3n) is 5.46. The minimum Gasteiger partial charge on any atom is -0.466 e. The molecule has 4 heteroatoms. The number of unbranched alkanes of at least 4 members (excludes halogenated alkanes) is 10. The van der Waals surface area contributed by atoms with E-state index in [1.807, 2.05) is 13.8 Å². The Labute approximate surface area is 180 Å². The van der Waals surface area contributed by atoms with Crippen molar-refractivity contribution in [1.29, 1.82) is 0 Å². The van der Waals surface area contributed by atoms with Gasteiger partial charge < -0.3 is 9.47 Å². The van der Waals surface area contributed by atoms with Gasteiger partial charge in [0.25, 0.3) is 0 Å². The van der Waals surface area contributed by atoms with Crippen LogP contribution in [0.25, 0.3) is 0 Å². The van der Waals surface area contributed by atoms with Crippen molar-refractivity contribution in [3.05, 3.63) is 0 Å². The van der Waals surface area contributed by atoms with E-state index in [9.17, 15) is 9.59 Å². The highest BCUT2D eigenvalue weighted by Crippen LogP contribution is 2.19. The van der Waals surface area contributed by atoms with Gasteiger partial charge in [0.2, 0.25) is 0 Å². The van der Waals surface area contributed by atoms with E-state index in [1.165, 1.54) is 57.8 Å². The molecule has 0 rings (SSSR count). The van der Waals surface area contributed by atoms with E-state index < -0.39 is 0 Å². The van der Waals surface area contributed by atoms with Crippen LogP contribution in [0.2, 0.25) is 0 Å². The molecule has 0 bridgehead atoms. The molecule has 0 aliphatic rings. The van der Waals surface area contributed by atoms with Crippen LogP contribution in [0.3, 0.4) is 0 Å². The van der Waals surface area contributed by atoms with Crippen LogP contribution < -0.4 is 0 Å². The fourth-order valence-corrected chi connectivity index (χ4v) is 3.54. The lowest BCUT2D eigenvalue weighted by Crippen LogP contribution is -2.11. The van der Waals surface area contributed by atoms with Crippen LogP contribution >= 0.6 is 0 Å². The molecule has 1 unspecified atom stereocenters. The van der Waals surface area contributed by atoms with Gasteiger partial charge in [-0.2, -0.15) is 0 Å². The lowest BCUT2D eigenvalue weighted by Gasteiger charge is -2.13. The van der Waals surface area contributed by atoms with Crippen LogP contribution in [0.1, 0.15) is 130 Å². The topological polar surface area (TPSA) is 52.6 Å². The van der Waals surface area contributed by atoms with Gasteiger partial charge in [-0.3, -0.25) is 9.59 Å². The van der Waals surface area contributed by atoms with Gasteiger partial charge in [-0.05, 0) is 31.6 Å². The van der Waals surface area contributed by atoms with Gasteiger partial charge in [-0.1, -0.05) is 91.4 Å². The van der Waals surface area contributed by atoms with Crippen LogP contribution in [-0.2, 0) is 19.1 Å². The van der Waals surface area contributed by atoms with Crippen molar-refractivity contribution in [2.45, 2.75) is 130 Å². The monoisotopic (exact) mass is 412 g/mol. The molecule has 0 aliphatic heterocycles. The first kappa shape index (κ1) is 27.9. The Kier molecular flexibility index (Phi) is 20.9. The van der Waals surface area contributed by atoms with E-state index in [2.05, 4.69) is 6.92 Å². The number of esters is 2. The zero-order valence-corrected chi connectivity index (χ0v) is 19.6. The van der Waals surface area contributed by atoms with Crippen molar-refractivity contribution in [1.82, 2.24) is 0 Å². The summed E-state index contributed by atoms with van der Waals surface area (Å²) in [5.41, 5.74) is 0. The molecule has 0 spiro atoms. The number of carbonyl (C=O) groups excluding carboxylic acids is 2. The van der Waals surface area contributed by atoms with Crippen LogP contribution in [0.4, 0.5) is 0 Å². The summed E-state index contributed by atoms with van der Waals surface area (Å²) < 4.78 is 10.3. The van der Waals surface area contributed by atoms with Gasteiger partial charge >= 0.3 is 11.9 Å². The molecule has 1 atom stereocenters. The van der Waals surface area contributed by atoms with Gasteiger partial charge in [0.15, 0.2) is 0 Å². The van der Waals surface area contributed by atoms with Gasteiger partial charge in [-0.25, -0.2) is 0 Å². The fourth-order valence-electron chi connectivity index (χ4n) is 3.54. The fraction of sp³-hybridized carbons (Fsp3) is 0.920. The predicted octanol–water partition coefficient (Wildman–Crippen LogP) is 7.38. The number of hydrogen-bond acceptors (Lipinski definition) is 4. The van der Waals surface area contributed by atoms with Crippen LogP contribution in [-0.4, -0.2) is 25.2 Å². The van der Waals surface area contributed by atoms with E-state index in [4.69, 9.17) is 9.47 Å². The number of carbonyl (C=O) groups is 2. The second kappa shape index (κ2) is 21.6. The smallest absolute Gasteiger partial charge is 0.306 e. The quantitative estimate of drug-likeness (QED) is 0.146. The molecular formula is C25H48O4. The molecule has 0 saturated carbocycles. The molecule has 0 fully saturated rings. The van der Waals surface area contributed by atoms with Crippen molar-refractivity contribution in [2.75, 3.05) is 13.2 Å². The number of hydrogen-bond donors (Lipinski definition) is 0. The van der Waals surface area contributed by atoms with Crippen molar-refractivity contribution in [3.8, 4) is 0 Å². The third kappa shape index (κ3) is 20.0. The summed E-state index contributed by atoms with van der Waals surface area (Å²) >= 11 is 0. The first-order valence-corrected chi connectivity index (χ1v) is 12.4. The molecule has 0 aromatic carbocycles. The zero-order chi connectivity index (χ0) is 21.6. The summed E-state index contributed by atoms with van der Waals surface area (Å²) in [5, 5.41) is 0. The number of ether oxygens (including phenoxy) is 2. The highest BCUT2D eigenvalue weighted by molar-refractivity contribution is 5.69. The second-order valence-corrected chi connectivity index (χ2v) is 8.35. The summed E-state index contributed by atoms with van der Waals surface area (Å²) in [4.78, 5) is 23.1. The molecule has 0 N–H and O–H groups in total. The highest BCUT2D eigenvalue weighted by Gasteiger charge is 2.12. The maximum absolute atomic E-state index is 11.7. The average molecular weight is 413 g/mol. The van der Waals surface area contributed by atoms with E-state index in [0.29, 0.717) is 32.0 Å². The summed E-state index contributed by atoms with van der Waals surface area (Å²) in [6.45, 7) is 7.34. The average Bonchev–Trinajstić information content (AvgIpc) is 2.72. The maximum Gasteiger partial charge on any atom is 0.306 e. The Morgan fingerprint density at radius 2 is 1.07 bits per heavy atom. The van der Waals surface area contributed by atoms with E-state index in [-0.39, 0.29) is 11.9 Å². The molecule has 0 aliphatic carbocycles. The van der Waals surface area contributed by atoms with Crippen molar-refractivity contribution < 1.29 is 19.1 Å². The Bertz CT molecular complexity index is 381. The molecule has 4 nitrogen and oxygen atoms in total. The Morgan fingerprint density at radius 1 is 0.621 bits per heavy atom. The molecule has 29 heavy (non-hydrogen) atoms. The number of rotatable bonds is 21. The van der Waals surface area contributed by atoms with Crippen LogP contribution in [0.5, 0.6) is 0 Å². The normalized spacial score (nSPS) is 12.0. The van der Waals surface area contributed by atoms with E-state index in [1.54, 1.807) is 0 Å². The Hall–Kier alpha value is -1.06. The van der Waals surface area contributed by atoms with E-state index >= 15 is 0 Å². The Balaban J connectivity index is 3.36. The first-order chi connectivity index (χ1) is 14.1. The molecule has 0 heterocycles. The predicted molar refractivity (Wildman–Crippen MR) is 121 cm³/mol. The van der Waals surface area contributed by atoms with Crippen molar-refractivity contribution >= 4 is 11.9 Å². The summed E-state index contributed by atoms with van der Waals surface area (Å²) in [6, 6.07) is 0. The molecule has 0 aromatic rings. The van der Waals surface area contributed by atoms with E-state index in [0.717, 1.165) is 38.5 Å². The highest BCUT2D eigenvalue weighted by atomic mass is 16.5. The zero-order valence-electron chi connectivity index (χ0n) is 19.6. The van der Waals surface area contributed by atoms with Crippen molar-refractivity contribution in [3.63, 3.8) is 0 Å². The lowest BCUT2D eigenvalue weighted by molar-refractivity contribution is -0.145. The SMILES string of the molecule is CCCOC(=O)CCCCCCCCCCCCCC(CC)CC(=O)OCCC. The third-order valence-corrected chi connectivity index (χ3v) is 5.46. The molecule has 0 saturated heterocycles. The summed E-state index contributed by atoms with van der Waals surface area (Å²) in [6.07, 6.45) is 19.0. The maximum atomic E-state index is 11.7. The molecule has 172 valence electrons. The van der Waals surface area contributed by atoms with Crippen LogP contribution in [0.15, 0.2) is 0 Å². The molecule has 0 aromatic heterocycles. The molecular weight excluding hydrogens is 364 g/mol. The largest absolute Gasteiger partial charge is 0.466 e. The minimum atomic E-state index is -0.0338. The van der Waals surface area contributed by atoms with Gasteiger partial charge in [0, 0.05) is 12.8 Å². The second-order valence-electron chi connectivity index (χ2n) is 8.35. The Morgan fingerprint density at radius 3 is 1.55 bits per heavy atom. The lowest BCUT2D eigenvalue weighted by atomic mass is 9.95. The van der Waals surface area contributed by atoms with Crippen molar-refractivity contribution in [2.24, 2.45) is 5.92 Å². The van der Waals surface area contributed by atoms with Gasteiger partial charge in [0.1, 0.15) is 0 Å². The van der Waals surface area contributed by atoms with Gasteiger partial charge in [0.05, 0.1) is 13.2 Å². The first-order valence-electron chi connectivity index (χ1n) is 12.4. The summed E-state index contributed by atoms with van der Waals surface area (Å²) in [5.74, 6) is 0.441. The molecule has 0 radical (unpaired) electrons. The standard InChI is InChI=1S/C25H48O4/c1-4-20-28-24(26)19-17-15-13-11-9-7-8-10-12-14-16-18-23(6-3)22-25(27)29-21-5-2/h23H,4-22H2,1-3H3.